The van der Waals surface area contributed by atoms with Crippen molar-refractivity contribution in [3.63, 3.8) is 0 Å². The molecule has 164 valence electrons. The second-order valence-electron chi connectivity index (χ2n) is 7.39. The average molecular weight is 432 g/mol. The van der Waals surface area contributed by atoms with Crippen LogP contribution in [0.4, 0.5) is 5.69 Å². The minimum Gasteiger partial charge on any atom is -0.460 e. The fourth-order valence-corrected chi connectivity index (χ4v) is 3.57. The van der Waals surface area contributed by atoms with Gasteiger partial charge in [0, 0.05) is 24.1 Å². The number of hydrogen-bond acceptors (Lipinski definition) is 5. The summed E-state index contributed by atoms with van der Waals surface area (Å²) in [6.45, 7) is 3.92. The van der Waals surface area contributed by atoms with Gasteiger partial charge in [0.1, 0.15) is 18.1 Å². The number of nitrogens with one attached hydrogen (secondary N) is 3. The van der Waals surface area contributed by atoms with Crippen molar-refractivity contribution in [3.8, 4) is 11.4 Å². The molecule has 3 N–H and O–H groups in total. The standard InChI is InChI=1S/C24H24N4O4/c1-14-20(24(30)32-13-12-31-3)15(2)25-21(14)23(29)26-17-10-8-16(9-11-17)22-27-18-6-4-5-7-19(18)28-22/h4-11,25H,12-13H2,1-3H3,(H,26,29)(H,27,28). The van der Waals surface area contributed by atoms with Gasteiger partial charge < -0.3 is 24.8 Å². The molecule has 0 atom stereocenters. The predicted molar refractivity (Wildman–Crippen MR) is 122 cm³/mol. The Morgan fingerprint density at radius 2 is 1.75 bits per heavy atom. The molecule has 8 heteroatoms. The average Bonchev–Trinajstić information content (AvgIpc) is 3.35. The minimum atomic E-state index is -0.484. The highest BCUT2D eigenvalue weighted by atomic mass is 16.6. The molecule has 2 heterocycles. The van der Waals surface area contributed by atoms with Crippen molar-refractivity contribution in [2.45, 2.75) is 13.8 Å². The number of rotatable bonds is 7. The highest BCUT2D eigenvalue weighted by Gasteiger charge is 2.23. The van der Waals surface area contributed by atoms with Gasteiger partial charge in [-0.25, -0.2) is 9.78 Å². The number of esters is 1. The summed E-state index contributed by atoms with van der Waals surface area (Å²) >= 11 is 0. The van der Waals surface area contributed by atoms with Crippen molar-refractivity contribution in [2.24, 2.45) is 0 Å². The van der Waals surface area contributed by atoms with E-state index in [0.717, 1.165) is 22.4 Å². The molecule has 0 aliphatic rings. The predicted octanol–water partition coefficient (Wildman–Crippen LogP) is 4.23. The molecule has 32 heavy (non-hydrogen) atoms. The first kappa shape index (κ1) is 21.3. The third-order valence-electron chi connectivity index (χ3n) is 5.19. The molecule has 0 unspecified atom stereocenters. The summed E-state index contributed by atoms with van der Waals surface area (Å²) in [6, 6.07) is 15.2. The Morgan fingerprint density at radius 1 is 1.00 bits per heavy atom. The lowest BCUT2D eigenvalue weighted by molar-refractivity contribution is 0.0387. The van der Waals surface area contributed by atoms with Gasteiger partial charge in [0.2, 0.25) is 0 Å². The van der Waals surface area contributed by atoms with Crippen molar-refractivity contribution in [3.05, 3.63) is 71.0 Å². The maximum absolute atomic E-state index is 12.8. The van der Waals surface area contributed by atoms with Crippen molar-refractivity contribution in [2.75, 3.05) is 25.6 Å². The largest absolute Gasteiger partial charge is 0.460 e. The summed E-state index contributed by atoms with van der Waals surface area (Å²) in [6.07, 6.45) is 0. The number of carbonyl (C=O) groups is 2. The molecule has 0 fully saturated rings. The molecule has 4 rings (SSSR count). The van der Waals surface area contributed by atoms with E-state index in [1.807, 2.05) is 48.5 Å². The molecule has 0 saturated carbocycles. The van der Waals surface area contributed by atoms with Crippen LogP contribution < -0.4 is 5.32 Å². The summed E-state index contributed by atoms with van der Waals surface area (Å²) in [5.74, 6) is -0.0582. The molecular weight excluding hydrogens is 408 g/mol. The van der Waals surface area contributed by atoms with Gasteiger partial charge in [0.25, 0.3) is 5.91 Å². The first-order chi connectivity index (χ1) is 15.5. The first-order valence-corrected chi connectivity index (χ1v) is 10.2. The number of aromatic amines is 2. The number of aromatic nitrogens is 3. The number of amides is 1. The molecule has 0 saturated heterocycles. The number of hydrogen-bond donors (Lipinski definition) is 3. The van der Waals surface area contributed by atoms with Gasteiger partial charge in [-0.1, -0.05) is 12.1 Å². The summed E-state index contributed by atoms with van der Waals surface area (Å²) < 4.78 is 10.1. The zero-order valence-corrected chi connectivity index (χ0v) is 18.1. The van der Waals surface area contributed by atoms with Gasteiger partial charge in [-0.05, 0) is 55.8 Å². The van der Waals surface area contributed by atoms with Crippen LogP contribution in [0.1, 0.15) is 32.1 Å². The number of methoxy groups -OCH3 is 1. The number of ether oxygens (including phenoxy) is 2. The second-order valence-corrected chi connectivity index (χ2v) is 7.39. The van der Waals surface area contributed by atoms with Gasteiger partial charge in [0.05, 0.1) is 23.2 Å². The fourth-order valence-electron chi connectivity index (χ4n) is 3.57. The number of anilines is 1. The van der Waals surface area contributed by atoms with Crippen molar-refractivity contribution < 1.29 is 19.1 Å². The Hall–Kier alpha value is -3.91. The van der Waals surface area contributed by atoms with E-state index >= 15 is 0 Å². The maximum Gasteiger partial charge on any atom is 0.340 e. The number of H-pyrrole nitrogens is 2. The van der Waals surface area contributed by atoms with Crippen molar-refractivity contribution in [1.29, 1.82) is 0 Å². The zero-order chi connectivity index (χ0) is 22.7. The van der Waals surface area contributed by atoms with Gasteiger partial charge in [-0.3, -0.25) is 4.79 Å². The number of imidazole rings is 1. The lowest BCUT2D eigenvalue weighted by atomic mass is 10.1. The molecule has 0 aliphatic carbocycles. The summed E-state index contributed by atoms with van der Waals surface area (Å²) in [4.78, 5) is 36.1. The molecule has 8 nitrogen and oxygen atoms in total. The number of benzene rings is 2. The lowest BCUT2D eigenvalue weighted by Gasteiger charge is -2.07. The third-order valence-corrected chi connectivity index (χ3v) is 5.19. The normalized spacial score (nSPS) is 11.0. The molecule has 2 aromatic carbocycles. The van der Waals surface area contributed by atoms with Gasteiger partial charge in [-0.2, -0.15) is 0 Å². The van der Waals surface area contributed by atoms with E-state index < -0.39 is 5.97 Å². The van der Waals surface area contributed by atoms with E-state index in [2.05, 4.69) is 20.3 Å². The summed E-state index contributed by atoms with van der Waals surface area (Å²) in [7, 11) is 1.53. The number of nitrogens with zero attached hydrogens (tertiary/aromatic N) is 1. The minimum absolute atomic E-state index is 0.151. The third kappa shape index (κ3) is 4.26. The van der Waals surface area contributed by atoms with E-state index in [1.54, 1.807) is 13.8 Å². The van der Waals surface area contributed by atoms with E-state index in [4.69, 9.17) is 9.47 Å². The quantitative estimate of drug-likeness (QED) is 0.299. The SMILES string of the molecule is COCCOC(=O)c1c(C)[nH]c(C(=O)Nc2ccc(-c3nc4ccccc4[nH]3)cc2)c1C. The molecular formula is C24H24N4O4. The Kier molecular flexibility index (Phi) is 6.04. The van der Waals surface area contributed by atoms with E-state index in [1.165, 1.54) is 7.11 Å². The monoisotopic (exact) mass is 432 g/mol. The summed E-state index contributed by atoms with van der Waals surface area (Å²) in [5, 5.41) is 2.86. The van der Waals surface area contributed by atoms with Crippen LogP contribution in [0.2, 0.25) is 0 Å². The van der Waals surface area contributed by atoms with Crippen LogP contribution in [0, 0.1) is 13.8 Å². The van der Waals surface area contributed by atoms with Crippen LogP contribution in [0.25, 0.3) is 22.4 Å². The fraction of sp³-hybridized carbons (Fsp3) is 0.208. The smallest absolute Gasteiger partial charge is 0.340 e. The van der Waals surface area contributed by atoms with Crippen molar-refractivity contribution in [1.82, 2.24) is 15.0 Å². The van der Waals surface area contributed by atoms with Crippen LogP contribution in [0.15, 0.2) is 48.5 Å². The number of fused-ring (bicyclic) bond motifs is 1. The van der Waals surface area contributed by atoms with E-state index in [0.29, 0.717) is 34.8 Å². The van der Waals surface area contributed by atoms with Crippen LogP contribution >= 0.6 is 0 Å². The highest BCUT2D eigenvalue weighted by Crippen LogP contribution is 2.23. The number of aryl methyl sites for hydroxylation is 1. The van der Waals surface area contributed by atoms with Crippen molar-refractivity contribution >= 4 is 28.6 Å². The van der Waals surface area contributed by atoms with Crippen LogP contribution in [-0.4, -0.2) is 47.2 Å². The van der Waals surface area contributed by atoms with Crippen LogP contribution in [-0.2, 0) is 9.47 Å². The molecule has 1 amide bonds. The lowest BCUT2D eigenvalue weighted by Crippen LogP contribution is -2.14. The maximum atomic E-state index is 12.8. The van der Waals surface area contributed by atoms with Gasteiger partial charge in [0.15, 0.2) is 0 Å². The van der Waals surface area contributed by atoms with Crippen LogP contribution in [0.3, 0.4) is 0 Å². The Balaban J connectivity index is 1.48. The van der Waals surface area contributed by atoms with E-state index in [9.17, 15) is 9.59 Å². The topological polar surface area (TPSA) is 109 Å². The number of carbonyl (C=O) groups excluding carboxylic acids is 2. The second kappa shape index (κ2) is 9.07. The zero-order valence-electron chi connectivity index (χ0n) is 18.1. The summed E-state index contributed by atoms with van der Waals surface area (Å²) in [5.41, 5.74) is 5.21. The Morgan fingerprint density at radius 3 is 2.47 bits per heavy atom. The molecule has 4 aromatic rings. The van der Waals surface area contributed by atoms with Gasteiger partial charge in [-0.15, -0.1) is 0 Å². The molecule has 0 aliphatic heterocycles. The molecule has 0 radical (unpaired) electrons. The first-order valence-electron chi connectivity index (χ1n) is 10.2. The molecule has 0 bridgehead atoms. The van der Waals surface area contributed by atoms with Crippen LogP contribution in [0.5, 0.6) is 0 Å². The molecule has 2 aromatic heterocycles. The Labute approximate surface area is 185 Å². The molecule has 0 spiro atoms. The van der Waals surface area contributed by atoms with E-state index in [-0.39, 0.29) is 12.5 Å². The number of para-hydroxylation sites is 2. The van der Waals surface area contributed by atoms with Gasteiger partial charge >= 0.3 is 5.97 Å². The highest BCUT2D eigenvalue weighted by molar-refractivity contribution is 6.06. The Bertz CT molecular complexity index is 1240.